The van der Waals surface area contributed by atoms with Crippen LogP contribution in [0.5, 0.6) is 0 Å². The van der Waals surface area contributed by atoms with Gasteiger partial charge in [-0.15, -0.1) is 11.3 Å². The normalized spacial score (nSPS) is 13.2. The molecule has 0 atom stereocenters. The highest BCUT2D eigenvalue weighted by Crippen LogP contribution is 2.38. The third kappa shape index (κ3) is 3.33. The van der Waals surface area contributed by atoms with Crippen LogP contribution >= 0.6 is 11.3 Å². The van der Waals surface area contributed by atoms with E-state index in [0.717, 1.165) is 31.2 Å². The number of carbonyl (C=O) groups excluding carboxylic acids is 2. The van der Waals surface area contributed by atoms with Crippen molar-refractivity contribution in [3.8, 4) is 0 Å². The van der Waals surface area contributed by atoms with Gasteiger partial charge in [-0.1, -0.05) is 0 Å². The van der Waals surface area contributed by atoms with Crippen LogP contribution in [-0.4, -0.2) is 25.4 Å². The van der Waals surface area contributed by atoms with Crippen molar-refractivity contribution < 1.29 is 18.7 Å². The van der Waals surface area contributed by atoms with Crippen molar-refractivity contribution in [3.05, 3.63) is 51.7 Å². The van der Waals surface area contributed by atoms with Crippen LogP contribution in [-0.2, 0) is 17.6 Å². The van der Waals surface area contributed by atoms with Crippen molar-refractivity contribution in [3.63, 3.8) is 0 Å². The molecular formula is C18H18FNO3S. The monoisotopic (exact) mass is 347 g/mol. The highest BCUT2D eigenvalue weighted by atomic mass is 32.1. The summed E-state index contributed by atoms with van der Waals surface area (Å²) in [5.74, 6) is -0.901. The molecule has 0 bridgehead atoms. The fourth-order valence-corrected chi connectivity index (χ4v) is 4.18. The van der Waals surface area contributed by atoms with Crippen LogP contribution in [0.15, 0.2) is 24.3 Å². The Morgan fingerprint density at radius 2 is 1.92 bits per heavy atom. The first-order valence-corrected chi connectivity index (χ1v) is 8.67. The summed E-state index contributed by atoms with van der Waals surface area (Å²) in [6, 6.07) is 5.44. The lowest BCUT2D eigenvalue weighted by Crippen LogP contribution is -2.16. The van der Waals surface area contributed by atoms with Gasteiger partial charge in [0.05, 0.1) is 19.2 Å². The molecule has 1 aromatic carbocycles. The second-order valence-electron chi connectivity index (χ2n) is 5.69. The quantitative estimate of drug-likeness (QED) is 0.659. The van der Waals surface area contributed by atoms with Gasteiger partial charge in [-0.05, 0) is 55.5 Å². The van der Waals surface area contributed by atoms with Gasteiger partial charge in [0, 0.05) is 10.4 Å². The lowest BCUT2D eigenvalue weighted by Gasteiger charge is -2.11. The molecule has 3 rings (SSSR count). The molecule has 4 nitrogen and oxygen atoms in total. The molecule has 2 aromatic rings. The average molecular weight is 347 g/mol. The van der Waals surface area contributed by atoms with Gasteiger partial charge in [0.15, 0.2) is 5.78 Å². The Kier molecular flexibility index (Phi) is 4.94. The van der Waals surface area contributed by atoms with E-state index in [-0.39, 0.29) is 24.1 Å². The molecule has 0 radical (unpaired) electrons. The summed E-state index contributed by atoms with van der Waals surface area (Å²) in [6.45, 7) is 0.0506. The molecule has 0 aliphatic heterocycles. The summed E-state index contributed by atoms with van der Waals surface area (Å²) in [7, 11) is 1.36. The van der Waals surface area contributed by atoms with Crippen molar-refractivity contribution >= 4 is 28.1 Å². The Morgan fingerprint density at radius 3 is 2.62 bits per heavy atom. The van der Waals surface area contributed by atoms with Crippen molar-refractivity contribution in [2.24, 2.45) is 0 Å². The van der Waals surface area contributed by atoms with Crippen molar-refractivity contribution in [2.45, 2.75) is 25.7 Å². The second kappa shape index (κ2) is 7.13. The van der Waals surface area contributed by atoms with E-state index in [2.05, 4.69) is 5.32 Å². The van der Waals surface area contributed by atoms with Crippen molar-refractivity contribution in [2.75, 3.05) is 19.0 Å². The zero-order chi connectivity index (χ0) is 17.1. The molecule has 1 heterocycles. The lowest BCUT2D eigenvalue weighted by atomic mass is 9.95. The summed E-state index contributed by atoms with van der Waals surface area (Å²) in [4.78, 5) is 25.6. The van der Waals surface area contributed by atoms with E-state index in [4.69, 9.17) is 4.74 Å². The molecule has 126 valence electrons. The molecule has 1 aliphatic rings. The smallest absolute Gasteiger partial charge is 0.341 e. The molecule has 0 amide bonds. The van der Waals surface area contributed by atoms with Gasteiger partial charge >= 0.3 is 5.97 Å². The number of carbonyl (C=O) groups is 2. The number of benzene rings is 1. The molecule has 1 aliphatic carbocycles. The molecular weight excluding hydrogens is 329 g/mol. The summed E-state index contributed by atoms with van der Waals surface area (Å²) >= 11 is 1.52. The van der Waals surface area contributed by atoms with Crippen LogP contribution < -0.4 is 5.32 Å². The number of nitrogens with one attached hydrogen (secondary N) is 1. The van der Waals surface area contributed by atoms with Crippen LogP contribution in [0, 0.1) is 5.82 Å². The van der Waals surface area contributed by atoms with Gasteiger partial charge in [0.25, 0.3) is 0 Å². The molecule has 0 fully saturated rings. The maximum Gasteiger partial charge on any atom is 0.341 e. The first-order valence-electron chi connectivity index (χ1n) is 7.85. The molecule has 0 unspecified atom stereocenters. The molecule has 1 aromatic heterocycles. The average Bonchev–Trinajstić information content (AvgIpc) is 2.98. The van der Waals surface area contributed by atoms with E-state index < -0.39 is 0 Å². The number of anilines is 1. The van der Waals surface area contributed by atoms with Crippen molar-refractivity contribution in [1.29, 1.82) is 0 Å². The van der Waals surface area contributed by atoms with Gasteiger partial charge in [-0.2, -0.15) is 0 Å². The first kappa shape index (κ1) is 16.6. The minimum absolute atomic E-state index is 0.0506. The first-order chi connectivity index (χ1) is 11.6. The van der Waals surface area contributed by atoms with Crippen LogP contribution in [0.4, 0.5) is 9.39 Å². The largest absolute Gasteiger partial charge is 0.465 e. The SMILES string of the molecule is COC(=O)c1c(NCC(=O)c2ccc(F)cc2)sc2c1CCCC2. The number of Topliss-reactive ketones (excluding diaryl/α,β-unsaturated/α-hetero) is 1. The van der Waals surface area contributed by atoms with E-state index in [9.17, 15) is 14.0 Å². The number of fused-ring (bicyclic) bond motifs is 1. The number of thiophene rings is 1. The predicted molar refractivity (Wildman–Crippen MR) is 91.5 cm³/mol. The van der Waals surface area contributed by atoms with Gasteiger partial charge in [0.2, 0.25) is 0 Å². The van der Waals surface area contributed by atoms with Crippen LogP contribution in [0.1, 0.15) is 44.0 Å². The maximum absolute atomic E-state index is 12.9. The Labute approximate surface area is 143 Å². The molecule has 0 spiro atoms. The number of esters is 1. The van der Waals surface area contributed by atoms with Gasteiger partial charge in [-0.3, -0.25) is 4.79 Å². The van der Waals surface area contributed by atoms with Gasteiger partial charge < -0.3 is 10.1 Å². The maximum atomic E-state index is 12.9. The molecule has 0 saturated heterocycles. The zero-order valence-electron chi connectivity index (χ0n) is 13.4. The predicted octanol–water partition coefficient (Wildman–Crippen LogP) is 3.85. The number of ether oxygens (including phenoxy) is 1. The Bertz CT molecular complexity index is 767. The Hall–Kier alpha value is -2.21. The van der Waals surface area contributed by atoms with E-state index in [1.54, 1.807) is 0 Å². The number of methoxy groups -OCH3 is 1. The lowest BCUT2D eigenvalue weighted by molar-refractivity contribution is 0.0600. The fourth-order valence-electron chi connectivity index (χ4n) is 2.91. The molecule has 6 heteroatoms. The number of hydrogen-bond acceptors (Lipinski definition) is 5. The van der Waals surface area contributed by atoms with E-state index in [0.29, 0.717) is 16.1 Å². The van der Waals surface area contributed by atoms with E-state index in [1.165, 1.54) is 47.6 Å². The summed E-state index contributed by atoms with van der Waals surface area (Å²) < 4.78 is 17.8. The summed E-state index contributed by atoms with van der Waals surface area (Å²) in [5, 5.41) is 3.76. The third-order valence-electron chi connectivity index (χ3n) is 4.14. The van der Waals surface area contributed by atoms with Crippen LogP contribution in [0.3, 0.4) is 0 Å². The number of aryl methyl sites for hydroxylation is 1. The fraction of sp³-hybridized carbons (Fsp3) is 0.333. The van der Waals surface area contributed by atoms with Gasteiger partial charge in [-0.25, -0.2) is 9.18 Å². The van der Waals surface area contributed by atoms with E-state index in [1.807, 2.05) is 0 Å². The molecule has 24 heavy (non-hydrogen) atoms. The molecule has 1 N–H and O–H groups in total. The van der Waals surface area contributed by atoms with Crippen LogP contribution in [0.2, 0.25) is 0 Å². The Morgan fingerprint density at radius 1 is 1.21 bits per heavy atom. The van der Waals surface area contributed by atoms with E-state index >= 15 is 0 Å². The number of halogens is 1. The minimum Gasteiger partial charge on any atom is -0.465 e. The minimum atomic E-state index is -0.376. The topological polar surface area (TPSA) is 55.4 Å². The highest BCUT2D eigenvalue weighted by molar-refractivity contribution is 7.16. The third-order valence-corrected chi connectivity index (χ3v) is 5.39. The molecule has 0 saturated carbocycles. The number of rotatable bonds is 5. The highest BCUT2D eigenvalue weighted by Gasteiger charge is 2.26. The number of ketones is 1. The second-order valence-corrected chi connectivity index (χ2v) is 6.80. The zero-order valence-corrected chi connectivity index (χ0v) is 14.2. The Balaban J connectivity index is 1.79. The van der Waals surface area contributed by atoms with Crippen molar-refractivity contribution in [1.82, 2.24) is 0 Å². The van der Waals surface area contributed by atoms with Crippen LogP contribution in [0.25, 0.3) is 0 Å². The standard InChI is InChI=1S/C18H18FNO3S/c1-23-18(22)16-13-4-2-3-5-15(13)24-17(16)20-10-14(21)11-6-8-12(19)9-7-11/h6-9,20H,2-5,10H2,1H3. The number of hydrogen-bond donors (Lipinski definition) is 1. The summed E-state index contributed by atoms with van der Waals surface area (Å²) in [5.41, 5.74) is 2.05. The summed E-state index contributed by atoms with van der Waals surface area (Å²) in [6.07, 6.45) is 3.99. The van der Waals surface area contributed by atoms with Gasteiger partial charge in [0.1, 0.15) is 10.8 Å².